The molecule has 1 heterocycles. The number of hydrogen-bond donors (Lipinski definition) is 4. The topological polar surface area (TPSA) is 120 Å². The molecule has 3 aromatic carbocycles. The third-order valence-electron chi connectivity index (χ3n) is 6.06. The van der Waals surface area contributed by atoms with E-state index in [0.717, 1.165) is 22.6 Å². The monoisotopic (exact) mass is 496 g/mol. The zero-order valence-electron chi connectivity index (χ0n) is 21.1. The van der Waals surface area contributed by atoms with E-state index < -0.39 is 0 Å². The largest absolute Gasteiger partial charge is 0.508 e. The minimum Gasteiger partial charge on any atom is -0.508 e. The molecule has 1 aromatic heterocycles. The van der Waals surface area contributed by atoms with Gasteiger partial charge in [-0.25, -0.2) is 4.98 Å². The van der Waals surface area contributed by atoms with Crippen LogP contribution < -0.4 is 16.0 Å². The minimum absolute atomic E-state index is 0.0327. The SMILES string of the molecule is CC(C)c1ccc(NC(=O)CN(Cc2cn(Cc3ccc(O)cc3)cn2)c2cccc(C(=N)N)c2)cc1. The number of amidine groups is 1. The van der Waals surface area contributed by atoms with Gasteiger partial charge in [0.1, 0.15) is 11.6 Å². The molecule has 0 aliphatic rings. The number of carbonyl (C=O) groups excluding carboxylic acids is 1. The molecule has 0 bridgehead atoms. The van der Waals surface area contributed by atoms with Gasteiger partial charge < -0.3 is 25.6 Å². The summed E-state index contributed by atoms with van der Waals surface area (Å²) in [6.45, 7) is 5.36. The first-order chi connectivity index (χ1) is 17.8. The number of carbonyl (C=O) groups is 1. The molecule has 4 aromatic rings. The van der Waals surface area contributed by atoms with Crippen LogP contribution in [0.1, 0.15) is 42.1 Å². The van der Waals surface area contributed by atoms with Crippen LogP contribution >= 0.6 is 0 Å². The number of benzene rings is 3. The Morgan fingerprint density at radius 2 is 1.84 bits per heavy atom. The predicted octanol–water partition coefficient (Wildman–Crippen LogP) is 4.69. The fourth-order valence-corrected chi connectivity index (χ4v) is 4.02. The number of anilines is 2. The highest BCUT2D eigenvalue weighted by Crippen LogP contribution is 2.21. The Hall–Kier alpha value is -4.59. The number of hydrogen-bond acceptors (Lipinski definition) is 5. The molecule has 4 rings (SSSR count). The zero-order valence-corrected chi connectivity index (χ0v) is 21.1. The Morgan fingerprint density at radius 1 is 1.11 bits per heavy atom. The van der Waals surface area contributed by atoms with E-state index in [4.69, 9.17) is 11.1 Å². The van der Waals surface area contributed by atoms with Gasteiger partial charge in [-0.1, -0.05) is 50.2 Å². The van der Waals surface area contributed by atoms with Crippen molar-refractivity contribution in [2.75, 3.05) is 16.8 Å². The number of phenolic OH excluding ortho intramolecular Hbond substituents is 1. The summed E-state index contributed by atoms with van der Waals surface area (Å²) < 4.78 is 1.96. The molecule has 0 aliphatic heterocycles. The molecule has 5 N–H and O–H groups in total. The van der Waals surface area contributed by atoms with Crippen molar-refractivity contribution in [1.29, 1.82) is 5.41 Å². The first-order valence-corrected chi connectivity index (χ1v) is 12.1. The number of nitrogen functional groups attached to an aromatic ring is 1. The first kappa shape index (κ1) is 25.5. The number of rotatable bonds is 10. The van der Waals surface area contributed by atoms with Gasteiger partial charge in [0.25, 0.3) is 0 Å². The third-order valence-corrected chi connectivity index (χ3v) is 6.06. The van der Waals surface area contributed by atoms with Gasteiger partial charge >= 0.3 is 0 Å². The van der Waals surface area contributed by atoms with Gasteiger partial charge in [0.05, 0.1) is 25.1 Å². The number of aromatic nitrogens is 2. The number of nitrogens with zero attached hydrogens (tertiary/aromatic N) is 3. The first-order valence-electron chi connectivity index (χ1n) is 12.1. The summed E-state index contributed by atoms with van der Waals surface area (Å²) in [6.07, 6.45) is 3.69. The summed E-state index contributed by atoms with van der Waals surface area (Å²) in [7, 11) is 0. The highest BCUT2D eigenvalue weighted by atomic mass is 16.3. The van der Waals surface area contributed by atoms with Crippen molar-refractivity contribution in [3.05, 3.63) is 108 Å². The Morgan fingerprint density at radius 3 is 2.51 bits per heavy atom. The van der Waals surface area contributed by atoms with Gasteiger partial charge in [0, 0.05) is 29.7 Å². The molecule has 0 saturated carbocycles. The van der Waals surface area contributed by atoms with Crippen LogP contribution in [0, 0.1) is 5.41 Å². The quantitative estimate of drug-likeness (QED) is 0.188. The lowest BCUT2D eigenvalue weighted by atomic mass is 10.0. The standard InChI is InChI=1S/C29H32N6O2/c1-20(2)22-8-10-24(11-9-22)33-28(37)18-35(26-5-3-4-23(14-26)29(30)31)17-25-16-34(19-32-25)15-21-6-12-27(36)13-7-21/h3-14,16,19-20,36H,15,17-18H2,1-2H3,(H3,30,31)(H,33,37). The van der Waals surface area contributed by atoms with E-state index in [9.17, 15) is 9.90 Å². The van der Waals surface area contributed by atoms with Crippen molar-refractivity contribution in [3.63, 3.8) is 0 Å². The molecular weight excluding hydrogens is 464 g/mol. The Balaban J connectivity index is 1.51. The second-order valence-electron chi connectivity index (χ2n) is 9.35. The van der Waals surface area contributed by atoms with Crippen LogP contribution in [0.3, 0.4) is 0 Å². The van der Waals surface area contributed by atoms with Crippen molar-refractivity contribution in [3.8, 4) is 5.75 Å². The van der Waals surface area contributed by atoms with Crippen molar-refractivity contribution in [2.45, 2.75) is 32.9 Å². The Labute approximate surface area is 216 Å². The molecule has 8 nitrogen and oxygen atoms in total. The van der Waals surface area contributed by atoms with Gasteiger partial charge in [-0.15, -0.1) is 0 Å². The smallest absolute Gasteiger partial charge is 0.243 e. The maximum Gasteiger partial charge on any atom is 0.243 e. The lowest BCUT2D eigenvalue weighted by Crippen LogP contribution is -2.33. The third kappa shape index (κ3) is 6.98. The van der Waals surface area contributed by atoms with Crippen LogP contribution in [0.15, 0.2) is 85.3 Å². The normalized spacial score (nSPS) is 10.9. The average Bonchev–Trinajstić information content (AvgIpc) is 3.32. The molecule has 0 aliphatic carbocycles. The molecule has 190 valence electrons. The summed E-state index contributed by atoms with van der Waals surface area (Å²) in [4.78, 5) is 19.5. The molecule has 1 amide bonds. The molecule has 0 saturated heterocycles. The zero-order chi connectivity index (χ0) is 26.4. The molecule has 0 atom stereocenters. The summed E-state index contributed by atoms with van der Waals surface area (Å²) in [5.41, 5.74) is 10.9. The molecule has 0 spiro atoms. The lowest BCUT2D eigenvalue weighted by Gasteiger charge is -2.24. The summed E-state index contributed by atoms with van der Waals surface area (Å²) in [5, 5.41) is 20.3. The summed E-state index contributed by atoms with van der Waals surface area (Å²) in [6, 6.07) is 22.2. The molecule has 0 unspecified atom stereocenters. The maximum absolute atomic E-state index is 13.0. The van der Waals surface area contributed by atoms with Crippen LogP contribution in [0.4, 0.5) is 11.4 Å². The fourth-order valence-electron chi connectivity index (χ4n) is 4.02. The minimum atomic E-state index is -0.158. The van der Waals surface area contributed by atoms with Crippen LogP contribution in [-0.4, -0.2) is 32.9 Å². The van der Waals surface area contributed by atoms with Gasteiger partial charge in [0.2, 0.25) is 5.91 Å². The molecule has 8 heteroatoms. The Kier molecular flexibility index (Phi) is 7.88. The molecule has 0 fully saturated rings. The number of aromatic hydroxyl groups is 1. The van der Waals surface area contributed by atoms with Crippen molar-refractivity contribution in [1.82, 2.24) is 9.55 Å². The van der Waals surface area contributed by atoms with Gasteiger partial charge in [-0.05, 0) is 53.4 Å². The van der Waals surface area contributed by atoms with E-state index in [1.807, 2.05) is 64.2 Å². The van der Waals surface area contributed by atoms with E-state index in [2.05, 4.69) is 24.1 Å². The van der Waals surface area contributed by atoms with Crippen molar-refractivity contribution in [2.24, 2.45) is 5.73 Å². The van der Waals surface area contributed by atoms with E-state index in [-0.39, 0.29) is 24.0 Å². The van der Waals surface area contributed by atoms with E-state index >= 15 is 0 Å². The number of nitrogens with one attached hydrogen (secondary N) is 2. The van der Waals surface area contributed by atoms with Crippen LogP contribution in [0.2, 0.25) is 0 Å². The second kappa shape index (κ2) is 11.4. The van der Waals surface area contributed by atoms with Gasteiger partial charge in [-0.2, -0.15) is 0 Å². The summed E-state index contributed by atoms with van der Waals surface area (Å²) >= 11 is 0. The highest BCUT2D eigenvalue weighted by molar-refractivity contribution is 5.97. The second-order valence-corrected chi connectivity index (χ2v) is 9.35. The lowest BCUT2D eigenvalue weighted by molar-refractivity contribution is -0.115. The number of amides is 1. The molecule has 37 heavy (non-hydrogen) atoms. The van der Waals surface area contributed by atoms with E-state index in [1.54, 1.807) is 30.6 Å². The highest BCUT2D eigenvalue weighted by Gasteiger charge is 2.15. The maximum atomic E-state index is 13.0. The Bertz CT molecular complexity index is 1360. The molecule has 0 radical (unpaired) electrons. The van der Waals surface area contributed by atoms with Crippen LogP contribution in [-0.2, 0) is 17.9 Å². The van der Waals surface area contributed by atoms with Crippen LogP contribution in [0.5, 0.6) is 5.75 Å². The fraction of sp³-hybridized carbons (Fsp3) is 0.207. The van der Waals surface area contributed by atoms with Gasteiger partial charge in [-0.3, -0.25) is 10.2 Å². The van der Waals surface area contributed by atoms with Gasteiger partial charge in [0.15, 0.2) is 0 Å². The predicted molar refractivity (Wildman–Crippen MR) is 147 cm³/mol. The molecular formula is C29H32N6O2. The van der Waals surface area contributed by atoms with Crippen molar-refractivity contribution >= 4 is 23.1 Å². The summed E-state index contributed by atoms with van der Waals surface area (Å²) in [5.74, 6) is 0.457. The average molecular weight is 497 g/mol. The van der Waals surface area contributed by atoms with Crippen LogP contribution in [0.25, 0.3) is 0 Å². The number of imidazole rings is 1. The van der Waals surface area contributed by atoms with E-state index in [0.29, 0.717) is 24.6 Å². The number of phenols is 1. The number of nitrogens with two attached hydrogens (primary N) is 1. The van der Waals surface area contributed by atoms with E-state index in [1.165, 1.54) is 5.56 Å². The van der Waals surface area contributed by atoms with Crippen molar-refractivity contribution < 1.29 is 9.90 Å².